The number of phenols is 1. The lowest BCUT2D eigenvalue weighted by Crippen LogP contribution is -2.25. The molecule has 2 aromatic rings. The second-order valence-electron chi connectivity index (χ2n) is 7.61. The van der Waals surface area contributed by atoms with E-state index in [1.165, 1.54) is 0 Å². The molecule has 0 atom stereocenters. The molecule has 0 bridgehead atoms. The fourth-order valence-electron chi connectivity index (χ4n) is 3.84. The van der Waals surface area contributed by atoms with Crippen LogP contribution < -0.4 is 9.47 Å². The number of hydrogen-bond donors (Lipinski definition) is 1. The van der Waals surface area contributed by atoms with Crippen LogP contribution in [0.1, 0.15) is 60.7 Å². The van der Waals surface area contributed by atoms with Gasteiger partial charge < -0.3 is 14.6 Å². The van der Waals surface area contributed by atoms with Gasteiger partial charge in [0.2, 0.25) is 5.78 Å². The Morgan fingerprint density at radius 1 is 1.10 bits per heavy atom. The Labute approximate surface area is 178 Å². The van der Waals surface area contributed by atoms with Crippen LogP contribution in [0.25, 0.3) is 6.08 Å². The zero-order valence-corrected chi connectivity index (χ0v) is 18.3. The van der Waals surface area contributed by atoms with E-state index in [9.17, 15) is 9.90 Å². The van der Waals surface area contributed by atoms with Crippen molar-refractivity contribution in [2.45, 2.75) is 47.1 Å². The normalized spacial score (nSPS) is 14.3. The molecule has 5 heteroatoms. The van der Waals surface area contributed by atoms with Crippen LogP contribution in [-0.4, -0.2) is 35.5 Å². The number of aromatic hydroxyl groups is 1. The minimum absolute atomic E-state index is 0.143. The molecule has 30 heavy (non-hydrogen) atoms. The van der Waals surface area contributed by atoms with Crippen molar-refractivity contribution >= 4 is 11.9 Å². The van der Waals surface area contributed by atoms with E-state index in [-0.39, 0.29) is 17.3 Å². The van der Waals surface area contributed by atoms with Gasteiger partial charge in [0.15, 0.2) is 5.76 Å². The molecule has 0 amide bonds. The van der Waals surface area contributed by atoms with E-state index in [0.29, 0.717) is 30.0 Å². The van der Waals surface area contributed by atoms with Gasteiger partial charge in [-0.3, -0.25) is 9.69 Å². The Bertz CT molecular complexity index is 925. The standard InChI is InChI=1S/C25H31NO4/c1-5-12-26(13-6-2)16-20-21(27)14-17(4)23-24(28)22(30-25(20)23)15-18-8-10-19(11-9-18)29-7-3/h8-11,14-15,27H,5-7,12-13,16H2,1-4H3/b22-15+. The van der Waals surface area contributed by atoms with Crippen LogP contribution in [0.3, 0.4) is 0 Å². The van der Waals surface area contributed by atoms with Gasteiger partial charge in [0, 0.05) is 6.54 Å². The zero-order chi connectivity index (χ0) is 21.7. The summed E-state index contributed by atoms with van der Waals surface area (Å²) in [5.41, 5.74) is 2.81. The second-order valence-corrected chi connectivity index (χ2v) is 7.61. The first-order valence-electron chi connectivity index (χ1n) is 10.7. The minimum Gasteiger partial charge on any atom is -0.507 e. The molecule has 0 aliphatic carbocycles. The molecule has 0 fully saturated rings. The molecule has 1 aliphatic rings. The second kappa shape index (κ2) is 9.81. The molecule has 0 radical (unpaired) electrons. The molecule has 0 aromatic heterocycles. The van der Waals surface area contributed by atoms with Gasteiger partial charge in [-0.1, -0.05) is 26.0 Å². The third-order valence-electron chi connectivity index (χ3n) is 5.17. The number of allylic oxidation sites excluding steroid dienone is 1. The monoisotopic (exact) mass is 409 g/mol. The molecule has 1 N–H and O–H groups in total. The number of benzene rings is 2. The van der Waals surface area contributed by atoms with Crippen LogP contribution in [0.15, 0.2) is 36.1 Å². The summed E-state index contributed by atoms with van der Waals surface area (Å²) in [6.07, 6.45) is 3.79. The summed E-state index contributed by atoms with van der Waals surface area (Å²) in [6, 6.07) is 9.21. The SMILES string of the molecule is CCCN(CCC)Cc1c(O)cc(C)c2c1O/C(=C/c1ccc(OCC)cc1)C2=O. The van der Waals surface area contributed by atoms with Crippen molar-refractivity contribution in [1.29, 1.82) is 0 Å². The number of carbonyl (C=O) groups is 1. The van der Waals surface area contributed by atoms with Crippen LogP contribution in [0.2, 0.25) is 0 Å². The highest BCUT2D eigenvalue weighted by Crippen LogP contribution is 2.42. The van der Waals surface area contributed by atoms with Gasteiger partial charge in [0.1, 0.15) is 17.2 Å². The lowest BCUT2D eigenvalue weighted by Gasteiger charge is -2.22. The molecular formula is C25H31NO4. The van der Waals surface area contributed by atoms with E-state index in [1.807, 2.05) is 38.1 Å². The summed E-state index contributed by atoms with van der Waals surface area (Å²) in [4.78, 5) is 15.4. The molecule has 0 unspecified atom stereocenters. The minimum atomic E-state index is -0.143. The highest BCUT2D eigenvalue weighted by Gasteiger charge is 2.33. The van der Waals surface area contributed by atoms with Crippen LogP contribution >= 0.6 is 0 Å². The van der Waals surface area contributed by atoms with Crippen LogP contribution in [0, 0.1) is 6.92 Å². The number of nitrogens with zero attached hydrogens (tertiary/aromatic N) is 1. The lowest BCUT2D eigenvalue weighted by atomic mass is 9.99. The summed E-state index contributed by atoms with van der Waals surface area (Å²) in [5.74, 6) is 1.60. The molecular weight excluding hydrogens is 378 g/mol. The largest absolute Gasteiger partial charge is 0.507 e. The Hall–Kier alpha value is -2.79. The maximum Gasteiger partial charge on any atom is 0.232 e. The maximum atomic E-state index is 13.1. The molecule has 0 saturated carbocycles. The molecule has 3 rings (SSSR count). The van der Waals surface area contributed by atoms with E-state index in [1.54, 1.807) is 12.1 Å². The molecule has 2 aromatic carbocycles. The van der Waals surface area contributed by atoms with Crippen molar-refractivity contribution in [2.75, 3.05) is 19.7 Å². The predicted octanol–water partition coefficient (Wildman–Crippen LogP) is 5.34. The van der Waals surface area contributed by atoms with Gasteiger partial charge in [0.25, 0.3) is 0 Å². The van der Waals surface area contributed by atoms with E-state index >= 15 is 0 Å². The number of hydrogen-bond acceptors (Lipinski definition) is 5. The number of carbonyl (C=O) groups excluding carboxylic acids is 1. The number of aryl methyl sites for hydroxylation is 1. The van der Waals surface area contributed by atoms with Gasteiger partial charge in [-0.05, 0) is 75.2 Å². The number of ketones is 1. The van der Waals surface area contributed by atoms with Crippen molar-refractivity contribution in [3.63, 3.8) is 0 Å². The van der Waals surface area contributed by atoms with Crippen molar-refractivity contribution in [3.8, 4) is 17.2 Å². The van der Waals surface area contributed by atoms with Crippen LogP contribution in [0.5, 0.6) is 17.2 Å². The molecule has 5 nitrogen and oxygen atoms in total. The molecule has 160 valence electrons. The average molecular weight is 410 g/mol. The first-order valence-corrected chi connectivity index (χ1v) is 10.7. The van der Waals surface area contributed by atoms with Crippen molar-refractivity contribution in [1.82, 2.24) is 4.90 Å². The average Bonchev–Trinajstić information content (AvgIpc) is 3.03. The van der Waals surface area contributed by atoms with Crippen molar-refractivity contribution < 1.29 is 19.4 Å². The fraction of sp³-hybridized carbons (Fsp3) is 0.400. The van der Waals surface area contributed by atoms with Crippen molar-refractivity contribution in [3.05, 3.63) is 58.3 Å². The highest BCUT2D eigenvalue weighted by atomic mass is 16.5. The predicted molar refractivity (Wildman–Crippen MR) is 119 cm³/mol. The topological polar surface area (TPSA) is 59.0 Å². The van der Waals surface area contributed by atoms with Gasteiger partial charge in [-0.25, -0.2) is 0 Å². The van der Waals surface area contributed by atoms with E-state index in [2.05, 4.69) is 18.7 Å². The number of ether oxygens (including phenoxy) is 2. The Morgan fingerprint density at radius 2 is 1.77 bits per heavy atom. The van der Waals surface area contributed by atoms with E-state index in [4.69, 9.17) is 9.47 Å². The Morgan fingerprint density at radius 3 is 2.37 bits per heavy atom. The first kappa shape index (κ1) is 21.9. The number of rotatable bonds is 9. The fourth-order valence-corrected chi connectivity index (χ4v) is 3.84. The van der Waals surface area contributed by atoms with E-state index < -0.39 is 0 Å². The summed E-state index contributed by atoms with van der Waals surface area (Å²) in [7, 11) is 0. The third kappa shape index (κ3) is 4.68. The van der Waals surface area contributed by atoms with Gasteiger partial charge >= 0.3 is 0 Å². The number of Topliss-reactive ketones (excluding diaryl/α,β-unsaturated/α-hetero) is 1. The first-order chi connectivity index (χ1) is 14.5. The summed E-state index contributed by atoms with van der Waals surface area (Å²) >= 11 is 0. The van der Waals surface area contributed by atoms with Gasteiger partial charge in [-0.2, -0.15) is 0 Å². The van der Waals surface area contributed by atoms with Gasteiger partial charge in [0.05, 0.1) is 17.7 Å². The third-order valence-corrected chi connectivity index (χ3v) is 5.17. The Balaban J connectivity index is 1.93. The number of phenolic OH excluding ortho intramolecular Hbond substituents is 1. The summed E-state index contributed by atoms with van der Waals surface area (Å²) < 4.78 is 11.5. The van der Waals surface area contributed by atoms with Crippen LogP contribution in [0.4, 0.5) is 0 Å². The van der Waals surface area contributed by atoms with Crippen LogP contribution in [-0.2, 0) is 6.54 Å². The molecule has 1 heterocycles. The smallest absolute Gasteiger partial charge is 0.232 e. The zero-order valence-electron chi connectivity index (χ0n) is 18.3. The Kier molecular flexibility index (Phi) is 7.16. The molecule has 0 saturated heterocycles. The summed E-state index contributed by atoms with van der Waals surface area (Å²) in [6.45, 7) is 11.1. The summed E-state index contributed by atoms with van der Waals surface area (Å²) in [5, 5.41) is 10.6. The quantitative estimate of drug-likeness (QED) is 0.567. The maximum absolute atomic E-state index is 13.1. The molecule has 0 spiro atoms. The molecule has 1 aliphatic heterocycles. The van der Waals surface area contributed by atoms with Gasteiger partial charge in [-0.15, -0.1) is 0 Å². The van der Waals surface area contributed by atoms with E-state index in [0.717, 1.165) is 42.8 Å². The number of fused-ring (bicyclic) bond motifs is 1. The highest BCUT2D eigenvalue weighted by molar-refractivity contribution is 6.15. The van der Waals surface area contributed by atoms with Crippen molar-refractivity contribution in [2.24, 2.45) is 0 Å². The lowest BCUT2D eigenvalue weighted by molar-refractivity contribution is 0.101.